The van der Waals surface area contributed by atoms with E-state index >= 15 is 0 Å². The molecule has 0 saturated carbocycles. The van der Waals surface area contributed by atoms with E-state index < -0.39 is 23.9 Å². The van der Waals surface area contributed by atoms with Gasteiger partial charge in [0, 0.05) is 40.6 Å². The lowest BCUT2D eigenvalue weighted by Crippen LogP contribution is -2.52. The fourth-order valence-corrected chi connectivity index (χ4v) is 6.93. The third-order valence-electron chi connectivity index (χ3n) is 8.57. The highest BCUT2D eigenvalue weighted by atomic mass is 35.5. The molecule has 2 heterocycles. The average molecular weight is 640 g/mol. The predicted octanol–water partition coefficient (Wildman–Crippen LogP) is 6.52. The van der Waals surface area contributed by atoms with Gasteiger partial charge in [-0.05, 0) is 77.2 Å². The molecule has 0 radical (unpaired) electrons. The van der Waals surface area contributed by atoms with Crippen LogP contribution in [0, 0.1) is 0 Å². The van der Waals surface area contributed by atoms with E-state index in [1.807, 2.05) is 79.7 Å². The van der Waals surface area contributed by atoms with Gasteiger partial charge in [-0.2, -0.15) is 0 Å². The minimum absolute atomic E-state index is 0.0719. The van der Waals surface area contributed by atoms with Crippen molar-refractivity contribution >= 4 is 62.6 Å². The number of primary amides is 1. The molecule has 0 aliphatic carbocycles. The maximum Gasteiger partial charge on any atom is 0.250 e. The van der Waals surface area contributed by atoms with E-state index in [1.165, 1.54) is 4.90 Å². The highest BCUT2D eigenvalue weighted by molar-refractivity contribution is 6.34. The number of pyridine rings is 1. The molecule has 228 valence electrons. The zero-order valence-electron chi connectivity index (χ0n) is 24.7. The van der Waals surface area contributed by atoms with E-state index in [-0.39, 0.29) is 31.3 Å². The van der Waals surface area contributed by atoms with Crippen LogP contribution in [0.15, 0.2) is 97.2 Å². The first kappa shape index (κ1) is 30.6. The Hall–Kier alpha value is -4.46. The van der Waals surface area contributed by atoms with E-state index in [9.17, 15) is 14.4 Å². The first-order chi connectivity index (χ1) is 21.7. The number of carbonyl (C=O) groups is 3. The standard InChI is InChI=1S/C36H32Cl2N4O3/c1-22-13-15-41(32(35(39)44)20-25-8-4-7-24-6-2-3-10-30(24)25)36(45)34(27-18-28(37)21-29(38)19-27)42(22)33(43)17-23-11-12-31-26(16-23)9-5-14-40-31/h2-12,14,16,18-19,21-22,32,34H,13,15,17,20H2,1H3,(H2,39,44)/t22-,32-,34+/m1/s1. The van der Waals surface area contributed by atoms with Crippen LogP contribution in [0.4, 0.5) is 0 Å². The molecular weight excluding hydrogens is 607 g/mol. The van der Waals surface area contributed by atoms with E-state index in [4.69, 9.17) is 28.9 Å². The van der Waals surface area contributed by atoms with E-state index in [0.29, 0.717) is 22.0 Å². The fraction of sp³-hybridized carbons (Fsp3) is 0.222. The van der Waals surface area contributed by atoms with Gasteiger partial charge in [-0.25, -0.2) is 0 Å². The van der Waals surface area contributed by atoms with Crippen molar-refractivity contribution in [3.63, 3.8) is 0 Å². The Morgan fingerprint density at radius 2 is 1.67 bits per heavy atom. The van der Waals surface area contributed by atoms with E-state index in [1.54, 1.807) is 29.3 Å². The Balaban J connectivity index is 1.39. The zero-order chi connectivity index (χ0) is 31.7. The van der Waals surface area contributed by atoms with Crippen molar-refractivity contribution < 1.29 is 14.4 Å². The number of amides is 3. The first-order valence-corrected chi connectivity index (χ1v) is 15.6. The van der Waals surface area contributed by atoms with Crippen molar-refractivity contribution in [3.8, 4) is 0 Å². The number of nitrogens with zero attached hydrogens (tertiary/aromatic N) is 3. The van der Waals surface area contributed by atoms with Crippen LogP contribution in [0.25, 0.3) is 21.7 Å². The highest BCUT2D eigenvalue weighted by Gasteiger charge is 2.43. The number of fused-ring (bicyclic) bond motifs is 2. The number of rotatable bonds is 7. The van der Waals surface area contributed by atoms with E-state index in [0.717, 1.165) is 32.8 Å². The molecule has 1 aliphatic heterocycles. The predicted molar refractivity (Wildman–Crippen MR) is 178 cm³/mol. The number of aromatic nitrogens is 1. The van der Waals surface area contributed by atoms with Crippen LogP contribution < -0.4 is 5.73 Å². The molecule has 2 N–H and O–H groups in total. The molecule has 4 aromatic carbocycles. The smallest absolute Gasteiger partial charge is 0.250 e. The summed E-state index contributed by atoms with van der Waals surface area (Å²) in [5.41, 5.74) is 9.03. The summed E-state index contributed by atoms with van der Waals surface area (Å²) in [6.45, 7) is 2.16. The number of carbonyl (C=O) groups excluding carboxylic acids is 3. The van der Waals surface area contributed by atoms with Crippen LogP contribution in [0.3, 0.4) is 0 Å². The molecule has 3 atom stereocenters. The minimum Gasteiger partial charge on any atom is -0.368 e. The van der Waals surface area contributed by atoms with Crippen LogP contribution in [0.5, 0.6) is 0 Å². The Morgan fingerprint density at radius 1 is 0.933 bits per heavy atom. The molecule has 0 unspecified atom stereocenters. The summed E-state index contributed by atoms with van der Waals surface area (Å²) in [7, 11) is 0. The number of hydrogen-bond acceptors (Lipinski definition) is 4. The van der Waals surface area contributed by atoms with Crippen molar-refractivity contribution in [1.29, 1.82) is 0 Å². The van der Waals surface area contributed by atoms with Crippen molar-refractivity contribution in [2.75, 3.05) is 6.54 Å². The lowest BCUT2D eigenvalue weighted by atomic mass is 9.96. The topological polar surface area (TPSA) is 96.6 Å². The minimum atomic E-state index is -1.07. The number of benzene rings is 4. The molecule has 1 aromatic heterocycles. The van der Waals surface area contributed by atoms with Gasteiger partial charge in [-0.15, -0.1) is 0 Å². The summed E-state index contributed by atoms with van der Waals surface area (Å²) in [5, 5.41) is 3.62. The third-order valence-corrected chi connectivity index (χ3v) is 9.00. The van der Waals surface area contributed by atoms with Crippen molar-refractivity contribution in [3.05, 3.63) is 124 Å². The largest absolute Gasteiger partial charge is 0.368 e. The van der Waals surface area contributed by atoms with Gasteiger partial charge in [0.15, 0.2) is 0 Å². The normalized spacial score (nSPS) is 17.8. The molecule has 45 heavy (non-hydrogen) atoms. The van der Waals surface area contributed by atoms with Gasteiger partial charge in [-0.1, -0.05) is 77.8 Å². The molecule has 9 heteroatoms. The van der Waals surface area contributed by atoms with Gasteiger partial charge in [0.25, 0.3) is 5.91 Å². The Labute approximate surface area is 271 Å². The summed E-state index contributed by atoms with van der Waals surface area (Å²) < 4.78 is 0. The highest BCUT2D eigenvalue weighted by Crippen LogP contribution is 2.35. The second-order valence-electron chi connectivity index (χ2n) is 11.5. The summed E-state index contributed by atoms with van der Waals surface area (Å²) in [6.07, 6.45) is 2.48. The molecule has 5 aromatic rings. The molecule has 6 rings (SSSR count). The fourth-order valence-electron chi connectivity index (χ4n) is 6.39. The summed E-state index contributed by atoms with van der Waals surface area (Å²) >= 11 is 12.9. The van der Waals surface area contributed by atoms with Gasteiger partial charge in [0.1, 0.15) is 12.1 Å². The van der Waals surface area contributed by atoms with Crippen LogP contribution in [-0.2, 0) is 27.2 Å². The van der Waals surface area contributed by atoms with Gasteiger partial charge in [-0.3, -0.25) is 19.4 Å². The lowest BCUT2D eigenvalue weighted by molar-refractivity contribution is -0.148. The third kappa shape index (κ3) is 6.37. The molecule has 3 amide bonds. The van der Waals surface area contributed by atoms with Crippen LogP contribution in [-0.4, -0.2) is 51.1 Å². The second kappa shape index (κ2) is 12.9. The number of hydrogen-bond donors (Lipinski definition) is 1. The van der Waals surface area contributed by atoms with Crippen LogP contribution in [0.1, 0.15) is 36.1 Å². The summed E-state index contributed by atoms with van der Waals surface area (Å²) in [6, 6.07) is 25.8. The van der Waals surface area contributed by atoms with Gasteiger partial charge >= 0.3 is 0 Å². The monoisotopic (exact) mass is 638 g/mol. The number of halogens is 2. The maximum atomic E-state index is 14.7. The van der Waals surface area contributed by atoms with Gasteiger partial charge < -0.3 is 15.5 Å². The molecule has 1 fully saturated rings. The molecule has 7 nitrogen and oxygen atoms in total. The first-order valence-electron chi connectivity index (χ1n) is 14.9. The number of nitrogens with two attached hydrogens (primary N) is 1. The van der Waals surface area contributed by atoms with Crippen molar-refractivity contribution in [1.82, 2.24) is 14.8 Å². The molecule has 1 aliphatic rings. The molecule has 1 saturated heterocycles. The SMILES string of the molecule is C[C@@H]1CCN([C@H](Cc2cccc3ccccc23)C(N)=O)C(=O)[C@H](c2cc(Cl)cc(Cl)c2)N1C(=O)Cc1ccc2ncccc2c1. The Morgan fingerprint density at radius 3 is 2.44 bits per heavy atom. The van der Waals surface area contributed by atoms with E-state index in [2.05, 4.69) is 4.98 Å². The van der Waals surface area contributed by atoms with Gasteiger partial charge in [0.05, 0.1) is 11.9 Å². The van der Waals surface area contributed by atoms with Crippen LogP contribution >= 0.6 is 23.2 Å². The molecule has 0 bridgehead atoms. The van der Waals surface area contributed by atoms with Gasteiger partial charge in [0.2, 0.25) is 11.8 Å². The Bertz CT molecular complexity index is 1900. The lowest BCUT2D eigenvalue weighted by Gasteiger charge is -2.36. The Kier molecular flexibility index (Phi) is 8.74. The molecule has 0 spiro atoms. The molecular formula is C36H32Cl2N4O3. The van der Waals surface area contributed by atoms with Crippen molar-refractivity contribution in [2.45, 2.75) is 44.3 Å². The summed E-state index contributed by atoms with van der Waals surface area (Å²) in [4.78, 5) is 49.5. The van der Waals surface area contributed by atoms with Crippen molar-refractivity contribution in [2.24, 2.45) is 5.73 Å². The average Bonchev–Trinajstić information content (AvgIpc) is 3.14. The summed E-state index contributed by atoms with van der Waals surface area (Å²) in [5.74, 6) is -1.25. The second-order valence-corrected chi connectivity index (χ2v) is 12.4. The quantitative estimate of drug-likeness (QED) is 0.219. The maximum absolute atomic E-state index is 14.7. The zero-order valence-corrected chi connectivity index (χ0v) is 26.2. The van der Waals surface area contributed by atoms with Crippen LogP contribution in [0.2, 0.25) is 10.0 Å².